The van der Waals surface area contributed by atoms with Gasteiger partial charge < -0.3 is 24.0 Å². The minimum atomic E-state index is -0.743. The Kier molecular flexibility index (Phi) is 7.98. The molecule has 0 saturated carbocycles. The fourth-order valence-corrected chi connectivity index (χ4v) is 5.42. The molecule has 2 aliphatic rings. The van der Waals surface area contributed by atoms with Crippen molar-refractivity contribution in [2.45, 2.75) is 51.7 Å². The third-order valence-corrected chi connectivity index (χ3v) is 8.02. The smallest absolute Gasteiger partial charge is 0.350 e. The molecule has 2 aliphatic heterocycles. The van der Waals surface area contributed by atoms with Gasteiger partial charge in [0.15, 0.2) is 5.79 Å². The molecule has 2 aromatic carbocycles. The number of benzene rings is 2. The van der Waals surface area contributed by atoms with Crippen molar-refractivity contribution in [2.24, 2.45) is 0 Å². The van der Waals surface area contributed by atoms with Gasteiger partial charge in [0, 0.05) is 37.6 Å². The lowest BCUT2D eigenvalue weighted by atomic mass is 10.2. The molecule has 222 valence electrons. The summed E-state index contributed by atoms with van der Waals surface area (Å²) in [5.41, 5.74) is 3.05. The summed E-state index contributed by atoms with van der Waals surface area (Å²) in [5.74, 6) is 0.0618. The monoisotopic (exact) mass is 574 g/mol. The second-order valence-electron chi connectivity index (χ2n) is 11.1. The Bertz CT molecular complexity index is 1490. The van der Waals surface area contributed by atoms with Crippen molar-refractivity contribution in [3.8, 4) is 11.4 Å². The van der Waals surface area contributed by atoms with E-state index in [2.05, 4.69) is 56.2 Å². The quantitative estimate of drug-likeness (QED) is 0.283. The van der Waals surface area contributed by atoms with Crippen LogP contribution in [0, 0.1) is 0 Å². The number of piperazine rings is 1. The highest BCUT2D eigenvalue weighted by molar-refractivity contribution is 5.54. The van der Waals surface area contributed by atoms with E-state index in [1.165, 1.54) is 12.0 Å². The van der Waals surface area contributed by atoms with Crippen LogP contribution in [0.4, 0.5) is 11.4 Å². The summed E-state index contributed by atoms with van der Waals surface area (Å²) >= 11 is 0. The van der Waals surface area contributed by atoms with Gasteiger partial charge in [-0.2, -0.15) is 10.2 Å². The number of nitrogens with zero attached hydrogens (tertiary/aromatic N) is 8. The number of rotatable bonds is 10. The van der Waals surface area contributed by atoms with Gasteiger partial charge in [-0.3, -0.25) is 0 Å². The molecule has 4 heterocycles. The van der Waals surface area contributed by atoms with Gasteiger partial charge in [-0.05, 0) is 68.8 Å². The first-order valence-corrected chi connectivity index (χ1v) is 14.5. The van der Waals surface area contributed by atoms with E-state index in [4.69, 9.17) is 14.2 Å². The number of hydrogen-bond acceptors (Lipinski definition) is 9. The largest absolute Gasteiger partial charge is 0.491 e. The van der Waals surface area contributed by atoms with Gasteiger partial charge in [0.2, 0.25) is 0 Å². The molecule has 2 fully saturated rings. The van der Waals surface area contributed by atoms with E-state index >= 15 is 0 Å². The molecular weight excluding hydrogens is 536 g/mol. The third kappa shape index (κ3) is 6.04. The first-order valence-electron chi connectivity index (χ1n) is 14.5. The van der Waals surface area contributed by atoms with E-state index in [-0.39, 0.29) is 17.8 Å². The Morgan fingerprint density at radius 2 is 1.60 bits per heavy atom. The second kappa shape index (κ2) is 12.0. The summed E-state index contributed by atoms with van der Waals surface area (Å²) in [5, 5.41) is 8.42. The maximum Gasteiger partial charge on any atom is 0.350 e. The van der Waals surface area contributed by atoms with Crippen LogP contribution in [0.25, 0.3) is 5.69 Å². The molecule has 12 heteroatoms. The van der Waals surface area contributed by atoms with E-state index in [1.807, 2.05) is 38.1 Å². The maximum absolute atomic E-state index is 12.7. The molecule has 0 amide bonds. The fourth-order valence-electron chi connectivity index (χ4n) is 5.42. The first-order chi connectivity index (χ1) is 20.4. The molecule has 2 saturated heterocycles. The average Bonchev–Trinajstić information content (AvgIpc) is 3.77. The minimum absolute atomic E-state index is 0.0775. The number of ether oxygens (including phenoxy) is 3. The van der Waals surface area contributed by atoms with Gasteiger partial charge >= 0.3 is 5.69 Å². The van der Waals surface area contributed by atoms with E-state index in [0.29, 0.717) is 19.8 Å². The SMILES string of the molecule is CCC(C)n1ncn(-c2ccc(N3CCN(c4ccc(OCC5COC(C)(Cn6cncn6)O5)cc4)CC3)cc2)c1=O. The van der Waals surface area contributed by atoms with Crippen molar-refractivity contribution in [3.05, 3.63) is 78.0 Å². The number of aromatic nitrogens is 6. The summed E-state index contributed by atoms with van der Waals surface area (Å²) in [7, 11) is 0. The predicted octanol–water partition coefficient (Wildman–Crippen LogP) is 3.13. The molecule has 42 heavy (non-hydrogen) atoms. The van der Waals surface area contributed by atoms with Crippen LogP contribution in [-0.4, -0.2) is 80.4 Å². The van der Waals surface area contributed by atoms with Gasteiger partial charge in [-0.15, -0.1) is 0 Å². The molecule has 4 aromatic rings. The Balaban J connectivity index is 0.977. The van der Waals surface area contributed by atoms with Crippen molar-refractivity contribution >= 4 is 11.4 Å². The van der Waals surface area contributed by atoms with Gasteiger partial charge in [-0.1, -0.05) is 6.92 Å². The molecule has 0 N–H and O–H groups in total. The number of anilines is 2. The molecular formula is C30H38N8O4. The fraction of sp³-hybridized carbons (Fsp3) is 0.467. The van der Waals surface area contributed by atoms with Crippen LogP contribution in [0.1, 0.15) is 33.2 Å². The molecule has 3 atom stereocenters. The molecule has 0 bridgehead atoms. The van der Waals surface area contributed by atoms with Crippen molar-refractivity contribution in [1.82, 2.24) is 29.1 Å². The Hall–Kier alpha value is -4.16. The maximum atomic E-state index is 12.7. The summed E-state index contributed by atoms with van der Waals surface area (Å²) in [6.45, 7) is 11.0. The molecule has 0 aliphatic carbocycles. The van der Waals surface area contributed by atoms with E-state index < -0.39 is 5.79 Å². The molecule has 6 rings (SSSR count). The van der Waals surface area contributed by atoms with Crippen LogP contribution in [0.3, 0.4) is 0 Å². The molecule has 2 aromatic heterocycles. The average molecular weight is 575 g/mol. The first kappa shape index (κ1) is 28.0. The summed E-state index contributed by atoms with van der Waals surface area (Å²) in [6.07, 6.45) is 5.46. The zero-order valence-corrected chi connectivity index (χ0v) is 24.4. The molecule has 3 unspecified atom stereocenters. The van der Waals surface area contributed by atoms with Gasteiger partial charge in [0.1, 0.15) is 37.4 Å². The van der Waals surface area contributed by atoms with Gasteiger partial charge in [0.05, 0.1) is 24.9 Å². The Morgan fingerprint density at radius 1 is 0.952 bits per heavy atom. The lowest BCUT2D eigenvalue weighted by molar-refractivity contribution is -0.167. The summed E-state index contributed by atoms with van der Waals surface area (Å²) in [4.78, 5) is 21.5. The number of hydrogen-bond donors (Lipinski definition) is 0. The van der Waals surface area contributed by atoms with E-state index in [1.54, 1.807) is 26.6 Å². The topological polar surface area (TPSA) is 105 Å². The van der Waals surface area contributed by atoms with Crippen LogP contribution >= 0.6 is 0 Å². The Labute approximate surface area is 245 Å². The predicted molar refractivity (Wildman–Crippen MR) is 158 cm³/mol. The molecule has 0 spiro atoms. The minimum Gasteiger partial charge on any atom is -0.491 e. The van der Waals surface area contributed by atoms with Crippen LogP contribution in [-0.2, 0) is 16.0 Å². The highest BCUT2D eigenvalue weighted by Gasteiger charge is 2.38. The highest BCUT2D eigenvalue weighted by Crippen LogP contribution is 2.27. The highest BCUT2D eigenvalue weighted by atomic mass is 16.7. The molecule has 12 nitrogen and oxygen atoms in total. The van der Waals surface area contributed by atoms with Crippen molar-refractivity contribution in [3.63, 3.8) is 0 Å². The van der Waals surface area contributed by atoms with E-state index in [0.717, 1.165) is 49.7 Å². The van der Waals surface area contributed by atoms with Gasteiger partial charge in [0.25, 0.3) is 0 Å². The van der Waals surface area contributed by atoms with Gasteiger partial charge in [-0.25, -0.2) is 23.7 Å². The normalized spacial score (nSPS) is 21.5. The summed E-state index contributed by atoms with van der Waals surface area (Å²) in [6, 6.07) is 16.5. The zero-order valence-electron chi connectivity index (χ0n) is 24.4. The van der Waals surface area contributed by atoms with Crippen LogP contribution < -0.4 is 20.2 Å². The third-order valence-electron chi connectivity index (χ3n) is 8.02. The lowest BCUT2D eigenvalue weighted by Crippen LogP contribution is -2.46. The van der Waals surface area contributed by atoms with E-state index in [9.17, 15) is 4.79 Å². The lowest BCUT2D eigenvalue weighted by Gasteiger charge is -2.37. The molecule has 0 radical (unpaired) electrons. The van der Waals surface area contributed by atoms with Crippen molar-refractivity contribution < 1.29 is 14.2 Å². The Morgan fingerprint density at radius 3 is 2.21 bits per heavy atom. The van der Waals surface area contributed by atoms with Crippen LogP contribution in [0.15, 0.2) is 72.3 Å². The standard InChI is InChI=1S/C30H38N8O4/c1-4-23(2)38-29(39)37(22-33-38)26-7-5-24(6-8-26)34-13-15-35(16-14-34)25-9-11-27(12-10-25)40-17-28-18-41-30(3,42-28)19-36-21-31-20-32-36/h5-12,20-23,28H,4,13-19H2,1-3H3. The second-order valence-corrected chi connectivity index (χ2v) is 11.1. The summed E-state index contributed by atoms with van der Waals surface area (Å²) < 4.78 is 22.8. The van der Waals surface area contributed by atoms with Crippen LogP contribution in [0.5, 0.6) is 5.75 Å². The zero-order chi connectivity index (χ0) is 29.1. The van der Waals surface area contributed by atoms with Crippen LogP contribution in [0.2, 0.25) is 0 Å². The van der Waals surface area contributed by atoms with Crippen molar-refractivity contribution in [2.75, 3.05) is 49.2 Å². The van der Waals surface area contributed by atoms with Crippen molar-refractivity contribution in [1.29, 1.82) is 0 Å².